The van der Waals surface area contributed by atoms with Gasteiger partial charge < -0.3 is 9.47 Å². The van der Waals surface area contributed by atoms with Crippen molar-refractivity contribution in [3.05, 3.63) is 54.1 Å². The van der Waals surface area contributed by atoms with Gasteiger partial charge >= 0.3 is 5.97 Å². The highest BCUT2D eigenvalue weighted by atomic mass is 32.2. The summed E-state index contributed by atoms with van der Waals surface area (Å²) in [4.78, 5) is 39.5. The second-order valence-electron chi connectivity index (χ2n) is 8.98. The Morgan fingerprint density at radius 3 is 2.08 bits per heavy atom. The number of carbonyl (C=O) groups excluding carboxylic acids is 3. The molecule has 0 spiro atoms. The van der Waals surface area contributed by atoms with E-state index in [1.54, 1.807) is 12.1 Å². The molecular weight excluding hydrogens is 484 g/mol. The summed E-state index contributed by atoms with van der Waals surface area (Å²) < 4.78 is 39.0. The zero-order chi connectivity index (χ0) is 25.9. The van der Waals surface area contributed by atoms with Gasteiger partial charge in [-0.15, -0.1) is 0 Å². The van der Waals surface area contributed by atoms with Gasteiger partial charge in [-0.25, -0.2) is 18.1 Å². The monoisotopic (exact) mass is 514 g/mol. The standard InChI is InChI=1S/C26H30N2O7S/c1-34-21-13-15-22(16-14-21)36(32,33)28(20-7-5-3-4-6-8-20)23-17-24(29)27(25(23)30)19-11-9-18(10-12-19)26(31)35-2/h9-16,20,23H,3-8,17H2,1-2H3. The van der Waals surface area contributed by atoms with Crippen LogP contribution in [0.2, 0.25) is 0 Å². The Hall–Kier alpha value is -3.24. The molecule has 0 bridgehead atoms. The summed E-state index contributed by atoms with van der Waals surface area (Å²) in [6.07, 6.45) is 4.72. The quantitative estimate of drug-likeness (QED) is 0.316. The molecule has 0 radical (unpaired) electrons. The maximum Gasteiger partial charge on any atom is 0.337 e. The number of sulfonamides is 1. The first-order chi connectivity index (χ1) is 17.3. The molecule has 2 amide bonds. The van der Waals surface area contributed by atoms with E-state index < -0.39 is 33.8 Å². The first-order valence-electron chi connectivity index (χ1n) is 12.0. The number of methoxy groups -OCH3 is 2. The number of imide groups is 1. The number of hydrogen-bond acceptors (Lipinski definition) is 7. The van der Waals surface area contributed by atoms with E-state index in [4.69, 9.17) is 9.47 Å². The predicted molar refractivity (Wildman–Crippen MR) is 132 cm³/mol. The first-order valence-corrected chi connectivity index (χ1v) is 13.4. The fourth-order valence-electron chi connectivity index (χ4n) is 4.95. The number of ether oxygens (including phenoxy) is 2. The molecule has 2 fully saturated rings. The maximum atomic E-state index is 13.9. The Morgan fingerprint density at radius 1 is 0.917 bits per heavy atom. The molecular formula is C26H30N2O7S. The lowest BCUT2D eigenvalue weighted by Crippen LogP contribution is -2.50. The summed E-state index contributed by atoms with van der Waals surface area (Å²) >= 11 is 0. The number of amides is 2. The van der Waals surface area contributed by atoms with Crippen molar-refractivity contribution in [2.45, 2.75) is 61.9 Å². The number of benzene rings is 2. The van der Waals surface area contributed by atoms with E-state index in [9.17, 15) is 22.8 Å². The van der Waals surface area contributed by atoms with E-state index in [-0.39, 0.29) is 28.6 Å². The highest BCUT2D eigenvalue weighted by molar-refractivity contribution is 7.89. The normalized spacial score (nSPS) is 19.4. The summed E-state index contributed by atoms with van der Waals surface area (Å²) in [5.74, 6) is -1.10. The lowest BCUT2D eigenvalue weighted by Gasteiger charge is -2.33. The molecule has 1 unspecified atom stereocenters. The Kier molecular flexibility index (Phi) is 7.75. The van der Waals surface area contributed by atoms with Crippen LogP contribution in [-0.2, 0) is 24.3 Å². The number of esters is 1. The third-order valence-corrected chi connectivity index (χ3v) is 8.77. The van der Waals surface area contributed by atoms with Crippen molar-refractivity contribution in [3.63, 3.8) is 0 Å². The second kappa shape index (κ2) is 10.8. The van der Waals surface area contributed by atoms with Crippen LogP contribution >= 0.6 is 0 Å². The van der Waals surface area contributed by atoms with Crippen molar-refractivity contribution in [1.29, 1.82) is 0 Å². The molecule has 2 aliphatic rings. The Balaban J connectivity index is 1.70. The van der Waals surface area contributed by atoms with E-state index in [0.29, 0.717) is 18.6 Å². The highest BCUT2D eigenvalue weighted by Crippen LogP contribution is 2.35. The zero-order valence-electron chi connectivity index (χ0n) is 20.4. The first kappa shape index (κ1) is 25.8. The summed E-state index contributed by atoms with van der Waals surface area (Å²) in [5, 5.41) is 0. The van der Waals surface area contributed by atoms with Gasteiger partial charge in [-0.3, -0.25) is 9.59 Å². The molecule has 1 aliphatic carbocycles. The molecule has 36 heavy (non-hydrogen) atoms. The van der Waals surface area contributed by atoms with E-state index >= 15 is 0 Å². The number of carbonyl (C=O) groups is 3. The molecule has 4 rings (SSSR count). The Morgan fingerprint density at radius 2 is 1.53 bits per heavy atom. The smallest absolute Gasteiger partial charge is 0.337 e. The molecule has 9 nitrogen and oxygen atoms in total. The fourth-order valence-corrected chi connectivity index (χ4v) is 6.78. The van der Waals surface area contributed by atoms with Gasteiger partial charge in [-0.2, -0.15) is 4.31 Å². The van der Waals surface area contributed by atoms with Crippen LogP contribution in [0.5, 0.6) is 5.75 Å². The van der Waals surface area contributed by atoms with Crippen LogP contribution in [-0.4, -0.2) is 56.8 Å². The van der Waals surface area contributed by atoms with Crippen LogP contribution in [0.3, 0.4) is 0 Å². The van der Waals surface area contributed by atoms with Crippen LogP contribution < -0.4 is 9.64 Å². The Bertz CT molecular complexity index is 1220. The minimum absolute atomic E-state index is 0.0497. The van der Waals surface area contributed by atoms with Gasteiger partial charge in [0.1, 0.15) is 11.8 Å². The molecule has 10 heteroatoms. The van der Waals surface area contributed by atoms with Crippen molar-refractivity contribution in [2.24, 2.45) is 0 Å². The Labute approximate surface area is 211 Å². The minimum Gasteiger partial charge on any atom is -0.497 e. The van der Waals surface area contributed by atoms with Gasteiger partial charge in [-0.05, 0) is 61.4 Å². The molecule has 2 aromatic rings. The molecule has 1 saturated heterocycles. The van der Waals surface area contributed by atoms with E-state index in [0.717, 1.165) is 30.6 Å². The summed E-state index contributed by atoms with van der Waals surface area (Å²) in [7, 11) is -1.33. The molecule has 2 aromatic carbocycles. The van der Waals surface area contributed by atoms with Gasteiger partial charge in [0.2, 0.25) is 15.9 Å². The molecule has 1 atom stereocenters. The van der Waals surface area contributed by atoms with Gasteiger partial charge in [-0.1, -0.05) is 25.7 Å². The molecule has 1 aliphatic heterocycles. The van der Waals surface area contributed by atoms with E-state index in [2.05, 4.69) is 0 Å². The van der Waals surface area contributed by atoms with Crippen molar-refractivity contribution in [3.8, 4) is 5.75 Å². The van der Waals surface area contributed by atoms with Crippen molar-refractivity contribution < 1.29 is 32.3 Å². The third kappa shape index (κ3) is 5.01. The van der Waals surface area contributed by atoms with Gasteiger partial charge in [0, 0.05) is 6.04 Å². The number of hydrogen-bond donors (Lipinski definition) is 0. The summed E-state index contributed by atoms with van der Waals surface area (Å²) in [5.41, 5.74) is 0.557. The van der Waals surface area contributed by atoms with Crippen molar-refractivity contribution in [2.75, 3.05) is 19.1 Å². The largest absolute Gasteiger partial charge is 0.497 e. The number of nitrogens with zero attached hydrogens (tertiary/aromatic N) is 2. The fraction of sp³-hybridized carbons (Fsp3) is 0.423. The van der Waals surface area contributed by atoms with Gasteiger partial charge in [0.15, 0.2) is 0 Å². The summed E-state index contributed by atoms with van der Waals surface area (Å²) in [6.45, 7) is 0. The van der Waals surface area contributed by atoms with Crippen LogP contribution in [0.25, 0.3) is 0 Å². The van der Waals surface area contributed by atoms with Crippen molar-refractivity contribution in [1.82, 2.24) is 4.31 Å². The predicted octanol–water partition coefficient (Wildman–Crippen LogP) is 3.53. The van der Waals surface area contributed by atoms with Crippen LogP contribution in [0, 0.1) is 0 Å². The van der Waals surface area contributed by atoms with Crippen LogP contribution in [0.1, 0.15) is 55.3 Å². The molecule has 1 saturated carbocycles. The topological polar surface area (TPSA) is 110 Å². The van der Waals surface area contributed by atoms with Gasteiger partial charge in [0.25, 0.3) is 5.91 Å². The maximum absolute atomic E-state index is 13.9. The minimum atomic E-state index is -4.09. The molecule has 0 aromatic heterocycles. The molecule has 192 valence electrons. The third-order valence-electron chi connectivity index (χ3n) is 6.80. The highest BCUT2D eigenvalue weighted by Gasteiger charge is 2.49. The van der Waals surface area contributed by atoms with Gasteiger partial charge in [0.05, 0.1) is 36.8 Å². The average Bonchev–Trinajstić information content (AvgIpc) is 3.04. The second-order valence-corrected chi connectivity index (χ2v) is 10.8. The lowest BCUT2D eigenvalue weighted by atomic mass is 10.1. The average molecular weight is 515 g/mol. The summed E-state index contributed by atoms with van der Waals surface area (Å²) in [6, 6.07) is 10.4. The zero-order valence-corrected chi connectivity index (χ0v) is 21.2. The number of rotatable bonds is 7. The van der Waals surface area contributed by atoms with Crippen LogP contribution in [0.4, 0.5) is 5.69 Å². The molecule has 0 N–H and O–H groups in total. The number of anilines is 1. The van der Waals surface area contributed by atoms with E-state index in [1.165, 1.54) is 54.9 Å². The van der Waals surface area contributed by atoms with Crippen molar-refractivity contribution >= 4 is 33.5 Å². The molecule has 1 heterocycles. The van der Waals surface area contributed by atoms with E-state index in [1.807, 2.05) is 0 Å². The SMILES string of the molecule is COC(=O)c1ccc(N2C(=O)CC(N(C3CCCCCC3)S(=O)(=O)c3ccc(OC)cc3)C2=O)cc1. The van der Waals surface area contributed by atoms with Crippen LogP contribution in [0.15, 0.2) is 53.4 Å². The lowest BCUT2D eigenvalue weighted by molar-refractivity contribution is -0.122.